The number of amides is 1. The molecule has 0 saturated carbocycles. The van der Waals surface area contributed by atoms with E-state index in [1.54, 1.807) is 37.8 Å². The van der Waals surface area contributed by atoms with Gasteiger partial charge in [0.1, 0.15) is 12.1 Å². The van der Waals surface area contributed by atoms with Crippen LogP contribution in [0.4, 0.5) is 0 Å². The average Bonchev–Trinajstić information content (AvgIpc) is 2.36. The van der Waals surface area contributed by atoms with Crippen LogP contribution in [-0.4, -0.2) is 30.6 Å². The Morgan fingerprint density at radius 1 is 1.50 bits per heavy atom. The Balaban J connectivity index is 2.67. The summed E-state index contributed by atoms with van der Waals surface area (Å²) in [5.74, 6) is -0.419. The van der Waals surface area contributed by atoms with E-state index in [1.807, 2.05) is 0 Å². The number of carbonyl (C=O) groups excluding carboxylic acids is 2. The van der Waals surface area contributed by atoms with E-state index in [4.69, 9.17) is 4.74 Å². The van der Waals surface area contributed by atoms with Crippen LogP contribution in [0.3, 0.4) is 0 Å². The zero-order chi connectivity index (χ0) is 13.5. The number of hydrogen-bond donors (Lipinski definition) is 1. The van der Waals surface area contributed by atoms with Crippen LogP contribution in [0.25, 0.3) is 0 Å². The first kappa shape index (κ1) is 14.1. The maximum Gasteiger partial charge on any atom is 0.312 e. The van der Waals surface area contributed by atoms with E-state index in [9.17, 15) is 9.59 Å². The van der Waals surface area contributed by atoms with Gasteiger partial charge in [0.15, 0.2) is 12.7 Å². The first-order valence-electron chi connectivity index (χ1n) is 5.83. The molecule has 1 aromatic rings. The SMILES string of the molecule is CCOC(=O)CC[n+]1ccc(C(=O)NC)c(C)n1. The molecule has 0 saturated heterocycles. The largest absolute Gasteiger partial charge is 0.466 e. The highest BCUT2D eigenvalue weighted by atomic mass is 16.5. The summed E-state index contributed by atoms with van der Waals surface area (Å²) in [5, 5.41) is 6.77. The van der Waals surface area contributed by atoms with Gasteiger partial charge in [-0.2, -0.15) is 0 Å². The first-order chi connectivity index (χ1) is 8.58. The van der Waals surface area contributed by atoms with Crippen molar-refractivity contribution in [2.24, 2.45) is 0 Å². The molecular formula is C12H18N3O3+. The van der Waals surface area contributed by atoms with E-state index < -0.39 is 0 Å². The minimum absolute atomic E-state index is 0.169. The van der Waals surface area contributed by atoms with Gasteiger partial charge in [0.2, 0.25) is 0 Å². The van der Waals surface area contributed by atoms with Crippen molar-refractivity contribution in [3.05, 3.63) is 23.5 Å². The standard InChI is InChI=1S/C12H17N3O3/c1-4-18-11(16)6-8-15-7-5-10(9(2)14-15)12(17)13-3/h5,7H,4,6,8H2,1-3H3/p+1. The van der Waals surface area contributed by atoms with Crippen LogP contribution < -0.4 is 10.00 Å². The monoisotopic (exact) mass is 252 g/mol. The smallest absolute Gasteiger partial charge is 0.312 e. The van der Waals surface area contributed by atoms with Gasteiger partial charge in [-0.05, 0) is 18.9 Å². The van der Waals surface area contributed by atoms with E-state index in [2.05, 4.69) is 10.4 Å². The van der Waals surface area contributed by atoms with Gasteiger partial charge in [0.25, 0.3) is 5.91 Å². The van der Waals surface area contributed by atoms with Crippen LogP contribution in [0, 0.1) is 6.92 Å². The quantitative estimate of drug-likeness (QED) is 0.591. The molecule has 6 heteroatoms. The van der Waals surface area contributed by atoms with Gasteiger partial charge in [-0.1, -0.05) is 4.68 Å². The maximum atomic E-state index is 11.5. The molecule has 18 heavy (non-hydrogen) atoms. The fourth-order valence-electron chi connectivity index (χ4n) is 1.50. The van der Waals surface area contributed by atoms with Crippen LogP contribution in [0.1, 0.15) is 29.4 Å². The number of aryl methyl sites for hydroxylation is 2. The molecule has 0 aliphatic rings. The predicted molar refractivity (Wildman–Crippen MR) is 63.8 cm³/mol. The normalized spacial score (nSPS) is 9.94. The van der Waals surface area contributed by atoms with Gasteiger partial charge in [-0.3, -0.25) is 9.59 Å². The van der Waals surface area contributed by atoms with Crippen molar-refractivity contribution in [1.82, 2.24) is 10.4 Å². The van der Waals surface area contributed by atoms with Crippen LogP contribution in [-0.2, 0) is 16.1 Å². The summed E-state index contributed by atoms with van der Waals surface area (Å²) in [6, 6.07) is 1.69. The van der Waals surface area contributed by atoms with Gasteiger partial charge in [0.05, 0.1) is 12.2 Å². The highest BCUT2D eigenvalue weighted by Crippen LogP contribution is 2.00. The summed E-state index contributed by atoms with van der Waals surface area (Å²) in [6.45, 7) is 4.34. The number of nitrogens with one attached hydrogen (secondary N) is 1. The van der Waals surface area contributed by atoms with Crippen molar-refractivity contribution in [2.45, 2.75) is 26.8 Å². The lowest BCUT2D eigenvalue weighted by atomic mass is 10.2. The molecule has 0 spiro atoms. The maximum absolute atomic E-state index is 11.5. The number of rotatable bonds is 5. The topological polar surface area (TPSA) is 72.2 Å². The van der Waals surface area contributed by atoms with Gasteiger partial charge >= 0.3 is 5.97 Å². The third-order valence-electron chi connectivity index (χ3n) is 2.40. The highest BCUT2D eigenvalue weighted by molar-refractivity contribution is 5.94. The van der Waals surface area contributed by atoms with Crippen molar-refractivity contribution < 1.29 is 19.0 Å². The molecular weight excluding hydrogens is 234 g/mol. The molecule has 0 radical (unpaired) electrons. The van der Waals surface area contributed by atoms with Crippen molar-refractivity contribution >= 4 is 11.9 Å². The second-order valence-corrected chi connectivity index (χ2v) is 3.71. The van der Waals surface area contributed by atoms with Gasteiger partial charge in [-0.25, -0.2) is 0 Å². The Hall–Kier alpha value is -1.98. The minimum atomic E-state index is -0.250. The highest BCUT2D eigenvalue weighted by Gasteiger charge is 2.14. The van der Waals surface area contributed by atoms with Gasteiger partial charge in [-0.15, -0.1) is 0 Å². The van der Waals surface area contributed by atoms with E-state index in [0.29, 0.717) is 24.4 Å². The zero-order valence-electron chi connectivity index (χ0n) is 10.9. The van der Waals surface area contributed by atoms with E-state index in [1.165, 1.54) is 0 Å². The summed E-state index contributed by atoms with van der Waals surface area (Å²) >= 11 is 0. The van der Waals surface area contributed by atoms with Crippen LogP contribution in [0.2, 0.25) is 0 Å². The fourth-order valence-corrected chi connectivity index (χ4v) is 1.50. The molecule has 1 aromatic heterocycles. The lowest BCUT2D eigenvalue weighted by molar-refractivity contribution is -0.753. The lowest BCUT2D eigenvalue weighted by Crippen LogP contribution is -2.40. The molecule has 0 aliphatic heterocycles. The Labute approximate surface area is 106 Å². The summed E-state index contributed by atoms with van der Waals surface area (Å²) in [7, 11) is 1.57. The first-order valence-corrected chi connectivity index (χ1v) is 5.83. The Morgan fingerprint density at radius 3 is 2.78 bits per heavy atom. The molecule has 1 heterocycles. The zero-order valence-corrected chi connectivity index (χ0v) is 10.9. The molecule has 1 amide bonds. The van der Waals surface area contributed by atoms with Crippen molar-refractivity contribution in [1.29, 1.82) is 0 Å². The Bertz CT molecular complexity index is 446. The molecule has 1 N–H and O–H groups in total. The lowest BCUT2D eigenvalue weighted by Gasteiger charge is -2.02. The second-order valence-electron chi connectivity index (χ2n) is 3.71. The molecule has 98 valence electrons. The Morgan fingerprint density at radius 2 is 2.22 bits per heavy atom. The van der Waals surface area contributed by atoms with Crippen molar-refractivity contribution in [3.8, 4) is 0 Å². The number of ether oxygens (including phenoxy) is 1. The van der Waals surface area contributed by atoms with E-state index in [-0.39, 0.29) is 18.3 Å². The van der Waals surface area contributed by atoms with Crippen LogP contribution in [0.5, 0.6) is 0 Å². The molecule has 6 nitrogen and oxygen atoms in total. The third-order valence-corrected chi connectivity index (χ3v) is 2.40. The van der Waals surface area contributed by atoms with E-state index in [0.717, 1.165) is 0 Å². The molecule has 1 rings (SSSR count). The average molecular weight is 252 g/mol. The van der Waals surface area contributed by atoms with Crippen LogP contribution in [0.15, 0.2) is 12.3 Å². The number of hydrogen-bond acceptors (Lipinski definition) is 4. The Kier molecular flexibility index (Phi) is 5.23. The third kappa shape index (κ3) is 3.80. The van der Waals surface area contributed by atoms with Crippen molar-refractivity contribution in [3.63, 3.8) is 0 Å². The predicted octanol–water partition coefficient (Wildman–Crippen LogP) is -0.00968. The second kappa shape index (κ2) is 6.68. The summed E-state index contributed by atoms with van der Waals surface area (Å²) in [4.78, 5) is 22.7. The van der Waals surface area contributed by atoms with Gasteiger partial charge in [0, 0.05) is 13.1 Å². The summed E-state index contributed by atoms with van der Waals surface area (Å²) in [5.41, 5.74) is 1.16. The van der Waals surface area contributed by atoms with E-state index >= 15 is 0 Å². The molecule has 0 aromatic carbocycles. The van der Waals surface area contributed by atoms with Crippen molar-refractivity contribution in [2.75, 3.05) is 13.7 Å². The number of esters is 1. The summed E-state index contributed by atoms with van der Waals surface area (Å²) < 4.78 is 6.45. The number of aromatic nitrogens is 2. The minimum Gasteiger partial charge on any atom is -0.466 e. The molecule has 0 atom stereocenters. The molecule has 0 unspecified atom stereocenters. The molecule has 0 aliphatic carbocycles. The molecule has 0 fully saturated rings. The fraction of sp³-hybridized carbons (Fsp3) is 0.500. The number of carbonyl (C=O) groups is 2. The molecule has 0 bridgehead atoms. The van der Waals surface area contributed by atoms with Crippen LogP contribution >= 0.6 is 0 Å². The van der Waals surface area contributed by atoms with Gasteiger partial charge < -0.3 is 10.1 Å². The number of nitrogens with zero attached hydrogens (tertiary/aromatic N) is 2. The summed E-state index contributed by atoms with van der Waals surface area (Å²) in [6.07, 6.45) is 1.95.